The van der Waals surface area contributed by atoms with Crippen LogP contribution in [0.2, 0.25) is 0 Å². The van der Waals surface area contributed by atoms with Crippen molar-refractivity contribution in [2.75, 3.05) is 57.5 Å². The minimum absolute atomic E-state index is 0.174. The predicted molar refractivity (Wildman–Crippen MR) is 224 cm³/mol. The Morgan fingerprint density at radius 3 is 1.82 bits per heavy atom. The summed E-state index contributed by atoms with van der Waals surface area (Å²) in [5.74, 6) is 3.62. The molecule has 0 fully saturated rings. The van der Waals surface area contributed by atoms with E-state index >= 15 is 0 Å². The van der Waals surface area contributed by atoms with Crippen LogP contribution in [0.4, 0.5) is 34.9 Å². The average molecular weight is 755 g/mol. The van der Waals surface area contributed by atoms with Crippen LogP contribution in [0.15, 0.2) is 97.1 Å². The van der Waals surface area contributed by atoms with Gasteiger partial charge in [-0.1, -0.05) is 49.4 Å². The van der Waals surface area contributed by atoms with Gasteiger partial charge in [0.15, 0.2) is 0 Å². The molecule has 6 aromatic rings. The molecule has 56 heavy (non-hydrogen) atoms. The first-order chi connectivity index (χ1) is 27.1. The van der Waals surface area contributed by atoms with E-state index in [1.165, 1.54) is 11.1 Å². The molecule has 13 nitrogen and oxygen atoms in total. The molecule has 0 bridgehead atoms. The number of ether oxygens (including phenoxy) is 3. The molecule has 13 heteroatoms. The van der Waals surface area contributed by atoms with Crippen molar-refractivity contribution in [3.63, 3.8) is 0 Å². The van der Waals surface area contributed by atoms with Gasteiger partial charge < -0.3 is 36.3 Å². The second-order valence-corrected chi connectivity index (χ2v) is 13.7. The van der Waals surface area contributed by atoms with Gasteiger partial charge in [-0.3, -0.25) is 9.80 Å². The van der Waals surface area contributed by atoms with Gasteiger partial charge >= 0.3 is 0 Å². The number of aryl methyl sites for hydroxylation is 1. The van der Waals surface area contributed by atoms with Crippen LogP contribution in [0.3, 0.4) is 0 Å². The predicted octanol–water partition coefficient (Wildman–Crippen LogP) is 7.44. The molecule has 0 aliphatic heterocycles. The summed E-state index contributed by atoms with van der Waals surface area (Å²) in [6.07, 6.45) is 1.03. The quantitative estimate of drug-likeness (QED) is 0.0728. The molecule has 0 unspecified atom stereocenters. The van der Waals surface area contributed by atoms with Crippen molar-refractivity contribution < 1.29 is 14.2 Å². The maximum atomic E-state index is 6.15. The molecule has 2 aromatic heterocycles. The van der Waals surface area contributed by atoms with Gasteiger partial charge in [0.1, 0.15) is 28.9 Å². The van der Waals surface area contributed by atoms with Gasteiger partial charge in [0, 0.05) is 61.7 Å². The molecule has 0 saturated heterocycles. The zero-order valence-corrected chi connectivity index (χ0v) is 32.8. The summed E-state index contributed by atoms with van der Waals surface area (Å²) >= 11 is 0. The molecule has 290 valence electrons. The largest absolute Gasteiger partial charge is 0.497 e. The molecule has 0 saturated carbocycles. The lowest BCUT2D eigenvalue weighted by molar-refractivity contribution is 0.315. The van der Waals surface area contributed by atoms with Gasteiger partial charge in [-0.15, -0.1) is 0 Å². The Morgan fingerprint density at radius 2 is 1.20 bits per heavy atom. The minimum atomic E-state index is 0.174. The van der Waals surface area contributed by atoms with Crippen molar-refractivity contribution in [2.24, 2.45) is 0 Å². The van der Waals surface area contributed by atoms with E-state index in [9.17, 15) is 0 Å². The van der Waals surface area contributed by atoms with E-state index in [1.807, 2.05) is 55.6 Å². The first-order valence-electron chi connectivity index (χ1n) is 18.4. The molecule has 0 aliphatic carbocycles. The Morgan fingerprint density at radius 1 is 0.571 bits per heavy atom. The zero-order valence-electron chi connectivity index (χ0n) is 32.8. The second-order valence-electron chi connectivity index (χ2n) is 13.7. The lowest BCUT2D eigenvalue weighted by Crippen LogP contribution is -2.19. The number of hydrogen-bond acceptors (Lipinski definition) is 13. The number of anilines is 6. The van der Waals surface area contributed by atoms with Crippen LogP contribution in [0.1, 0.15) is 35.0 Å². The Labute approximate surface area is 328 Å². The maximum absolute atomic E-state index is 6.15. The molecular formula is C43H50N10O3. The summed E-state index contributed by atoms with van der Waals surface area (Å²) in [6.45, 7) is 4.80. The number of nitrogen functional groups attached to an aromatic ring is 2. The van der Waals surface area contributed by atoms with E-state index < -0.39 is 0 Å². The number of hydrogen-bond donors (Lipinski definition) is 4. The lowest BCUT2D eigenvalue weighted by atomic mass is 10.0. The van der Waals surface area contributed by atoms with E-state index in [2.05, 4.69) is 103 Å². The van der Waals surface area contributed by atoms with Crippen molar-refractivity contribution in [1.29, 1.82) is 0 Å². The van der Waals surface area contributed by atoms with Crippen LogP contribution in [-0.4, -0.2) is 65.2 Å². The highest BCUT2D eigenvalue weighted by atomic mass is 16.5. The van der Waals surface area contributed by atoms with Crippen molar-refractivity contribution >= 4 is 34.9 Å². The third-order valence-corrected chi connectivity index (χ3v) is 9.17. The van der Waals surface area contributed by atoms with Crippen LogP contribution in [0.5, 0.6) is 17.2 Å². The lowest BCUT2D eigenvalue weighted by Gasteiger charge is -2.19. The molecule has 6 rings (SSSR count). The molecule has 0 atom stereocenters. The summed E-state index contributed by atoms with van der Waals surface area (Å²) < 4.78 is 16.8. The zero-order chi connectivity index (χ0) is 39.6. The topological polar surface area (TPSA) is 162 Å². The molecule has 0 spiro atoms. The summed E-state index contributed by atoms with van der Waals surface area (Å²) in [5.41, 5.74) is 21.1. The summed E-state index contributed by atoms with van der Waals surface area (Å²) in [7, 11) is 9.01. The first-order valence-corrected chi connectivity index (χ1v) is 18.4. The van der Waals surface area contributed by atoms with Crippen molar-refractivity contribution in [3.05, 3.63) is 125 Å². The normalized spacial score (nSPS) is 11.1. The SMILES string of the molecule is CCc1ccc(CN(C)Cc2cc(Nc3ccc(-c4cccc(CN(C)Cc5cc(Nc6cc(OC)ccc6OC)nc(N)n5)c4)c(OC)c3)nc(N)n2)cc1. The molecule has 6 N–H and O–H groups in total. The molecule has 0 radical (unpaired) electrons. The smallest absolute Gasteiger partial charge is 0.222 e. The molecule has 0 aliphatic rings. The van der Waals surface area contributed by atoms with Crippen LogP contribution in [-0.2, 0) is 32.6 Å². The number of nitrogens with two attached hydrogens (primary N) is 2. The molecule has 2 heterocycles. The van der Waals surface area contributed by atoms with Crippen molar-refractivity contribution in [1.82, 2.24) is 29.7 Å². The fraction of sp³-hybridized carbons (Fsp3) is 0.256. The van der Waals surface area contributed by atoms with Gasteiger partial charge in [0.05, 0.1) is 38.4 Å². The van der Waals surface area contributed by atoms with E-state index in [-0.39, 0.29) is 11.9 Å². The van der Waals surface area contributed by atoms with Gasteiger partial charge in [0.2, 0.25) is 11.9 Å². The number of nitrogens with zero attached hydrogens (tertiary/aromatic N) is 6. The van der Waals surface area contributed by atoms with Gasteiger partial charge in [-0.25, -0.2) is 9.97 Å². The van der Waals surface area contributed by atoms with E-state index in [1.54, 1.807) is 21.3 Å². The highest BCUT2D eigenvalue weighted by Gasteiger charge is 2.14. The summed E-state index contributed by atoms with van der Waals surface area (Å²) in [4.78, 5) is 22.2. The van der Waals surface area contributed by atoms with Gasteiger partial charge in [0.25, 0.3) is 0 Å². The number of rotatable bonds is 17. The third-order valence-electron chi connectivity index (χ3n) is 9.17. The van der Waals surface area contributed by atoms with E-state index in [0.717, 1.165) is 52.5 Å². The Kier molecular flexibility index (Phi) is 12.8. The van der Waals surface area contributed by atoms with E-state index in [0.29, 0.717) is 48.5 Å². The van der Waals surface area contributed by atoms with Gasteiger partial charge in [-0.05, 0) is 73.1 Å². The number of aromatic nitrogens is 4. The summed E-state index contributed by atoms with van der Waals surface area (Å²) in [6, 6.07) is 32.5. The molecule has 0 amide bonds. The number of benzene rings is 4. The van der Waals surface area contributed by atoms with Crippen LogP contribution in [0, 0.1) is 0 Å². The highest BCUT2D eigenvalue weighted by molar-refractivity contribution is 5.75. The van der Waals surface area contributed by atoms with E-state index in [4.69, 9.17) is 25.7 Å². The number of nitrogens with one attached hydrogen (secondary N) is 2. The molecular weight excluding hydrogens is 705 g/mol. The third kappa shape index (κ3) is 10.4. The Hall–Kier alpha value is -6.44. The average Bonchev–Trinajstić information content (AvgIpc) is 3.17. The van der Waals surface area contributed by atoms with Crippen molar-refractivity contribution in [3.8, 4) is 28.4 Å². The van der Waals surface area contributed by atoms with Crippen molar-refractivity contribution in [2.45, 2.75) is 39.5 Å². The Balaban J connectivity index is 1.11. The second kappa shape index (κ2) is 18.3. The first kappa shape index (κ1) is 39.3. The monoisotopic (exact) mass is 754 g/mol. The Bertz CT molecular complexity index is 2250. The van der Waals surface area contributed by atoms with Gasteiger partial charge in [-0.2, -0.15) is 9.97 Å². The number of methoxy groups -OCH3 is 3. The van der Waals surface area contributed by atoms with Crippen LogP contribution < -0.4 is 36.3 Å². The minimum Gasteiger partial charge on any atom is -0.497 e. The highest BCUT2D eigenvalue weighted by Crippen LogP contribution is 2.35. The standard InChI is InChI=1S/C43H50N10O3/c1-7-28-11-13-29(14-12-28)24-52(2)26-33-21-40(50-42(44)47-33)46-32-15-17-36(39(20-32)56-6)31-10-8-9-30(19-31)25-53(3)27-34-22-41(51-43(45)48-34)49-37-23-35(54-4)16-18-38(37)55-5/h8-23H,7,24-27H2,1-6H3,(H3,44,46,47,50)(H3,45,48,49,51). The van der Waals surface area contributed by atoms with Crippen LogP contribution >= 0.6 is 0 Å². The fourth-order valence-corrected chi connectivity index (χ4v) is 6.54. The van der Waals surface area contributed by atoms with Crippen LogP contribution in [0.25, 0.3) is 11.1 Å². The maximum Gasteiger partial charge on any atom is 0.222 e. The summed E-state index contributed by atoms with van der Waals surface area (Å²) in [5, 5.41) is 6.69. The molecule has 4 aromatic carbocycles. The fourth-order valence-electron chi connectivity index (χ4n) is 6.54.